The molecule has 1 aliphatic rings. The number of aliphatic hydroxyl groups excluding tert-OH is 3. The number of aliphatic hydroxyl groups is 3. The van der Waals surface area contributed by atoms with E-state index in [1.165, 1.54) is 0 Å². The van der Waals surface area contributed by atoms with E-state index >= 15 is 0 Å². The molecule has 134 valence electrons. The SMILES string of the molecule is CC(C)(C)C(=O)OC[C@@H]1[C@@H](O)[C@H](O)[C@H](O)CN1Cc1ccccc1. The highest BCUT2D eigenvalue weighted by molar-refractivity contribution is 5.75. The Morgan fingerprint density at radius 1 is 1.17 bits per heavy atom. The molecule has 1 fully saturated rings. The summed E-state index contributed by atoms with van der Waals surface area (Å²) in [6, 6.07) is 9.06. The number of benzene rings is 1. The smallest absolute Gasteiger partial charge is 0.311 e. The van der Waals surface area contributed by atoms with Gasteiger partial charge >= 0.3 is 5.97 Å². The molecule has 1 heterocycles. The predicted octanol–water partition coefficient (Wildman–Crippen LogP) is 0.543. The molecule has 0 aliphatic carbocycles. The Labute approximate surface area is 142 Å². The van der Waals surface area contributed by atoms with E-state index in [4.69, 9.17) is 4.74 Å². The van der Waals surface area contributed by atoms with Crippen molar-refractivity contribution in [1.82, 2.24) is 4.90 Å². The van der Waals surface area contributed by atoms with Crippen molar-refractivity contribution in [3.63, 3.8) is 0 Å². The van der Waals surface area contributed by atoms with Gasteiger partial charge in [-0.2, -0.15) is 0 Å². The normalized spacial score (nSPS) is 28.6. The summed E-state index contributed by atoms with van der Waals surface area (Å²) in [4.78, 5) is 13.8. The lowest BCUT2D eigenvalue weighted by Crippen LogP contribution is -2.62. The molecule has 1 aliphatic heterocycles. The molecule has 0 unspecified atom stereocenters. The molecule has 0 amide bonds. The Kier molecular flexibility index (Phi) is 5.98. The van der Waals surface area contributed by atoms with Crippen LogP contribution < -0.4 is 0 Å². The van der Waals surface area contributed by atoms with Crippen LogP contribution in [0.2, 0.25) is 0 Å². The largest absolute Gasteiger partial charge is 0.464 e. The van der Waals surface area contributed by atoms with Crippen LogP contribution in [0.25, 0.3) is 0 Å². The molecule has 0 radical (unpaired) electrons. The van der Waals surface area contributed by atoms with E-state index in [1.807, 2.05) is 35.2 Å². The molecule has 0 aromatic heterocycles. The molecule has 0 spiro atoms. The average molecular weight is 337 g/mol. The first kappa shape index (κ1) is 18.9. The Morgan fingerprint density at radius 2 is 1.79 bits per heavy atom. The lowest BCUT2D eigenvalue weighted by atomic mass is 9.93. The van der Waals surface area contributed by atoms with Crippen LogP contribution in [0.5, 0.6) is 0 Å². The molecule has 4 atom stereocenters. The number of hydrogen-bond acceptors (Lipinski definition) is 6. The Bertz CT molecular complexity index is 542. The number of carbonyl (C=O) groups excluding carboxylic acids is 1. The summed E-state index contributed by atoms with van der Waals surface area (Å²) >= 11 is 0. The zero-order valence-corrected chi connectivity index (χ0v) is 14.4. The van der Waals surface area contributed by atoms with Crippen LogP contribution in [-0.4, -0.2) is 63.7 Å². The molecule has 6 nitrogen and oxygen atoms in total. The van der Waals surface area contributed by atoms with Crippen LogP contribution in [0, 0.1) is 5.41 Å². The van der Waals surface area contributed by atoms with Crippen LogP contribution in [0.3, 0.4) is 0 Å². The third kappa shape index (κ3) is 4.54. The van der Waals surface area contributed by atoms with Crippen LogP contribution in [-0.2, 0) is 16.1 Å². The number of likely N-dealkylation sites (tertiary alicyclic amines) is 1. The minimum absolute atomic E-state index is 0.0338. The van der Waals surface area contributed by atoms with Gasteiger partial charge in [-0.05, 0) is 26.3 Å². The van der Waals surface area contributed by atoms with Crippen molar-refractivity contribution in [3.8, 4) is 0 Å². The lowest BCUT2D eigenvalue weighted by Gasteiger charge is -2.43. The second-order valence-electron chi connectivity index (χ2n) is 7.38. The van der Waals surface area contributed by atoms with E-state index in [9.17, 15) is 20.1 Å². The Morgan fingerprint density at radius 3 is 2.38 bits per heavy atom. The van der Waals surface area contributed by atoms with Crippen LogP contribution in [0.15, 0.2) is 30.3 Å². The van der Waals surface area contributed by atoms with Gasteiger partial charge in [-0.1, -0.05) is 30.3 Å². The van der Waals surface area contributed by atoms with Gasteiger partial charge in [-0.15, -0.1) is 0 Å². The van der Waals surface area contributed by atoms with Gasteiger partial charge in [0.1, 0.15) is 18.8 Å². The fourth-order valence-electron chi connectivity index (χ4n) is 2.74. The van der Waals surface area contributed by atoms with Gasteiger partial charge in [-0.25, -0.2) is 0 Å². The topological polar surface area (TPSA) is 90.2 Å². The Hall–Kier alpha value is -1.47. The molecule has 0 saturated carbocycles. The summed E-state index contributed by atoms with van der Waals surface area (Å²) in [7, 11) is 0. The standard InChI is InChI=1S/C18H27NO5/c1-18(2,3)17(23)24-11-13-15(21)16(22)14(20)10-19(13)9-12-7-5-4-6-8-12/h4-8,13-16,20-22H,9-11H2,1-3H3/t13-,14-,15-,16-/m1/s1. The van der Waals surface area contributed by atoms with Crippen molar-refractivity contribution in [2.75, 3.05) is 13.2 Å². The maximum atomic E-state index is 12.0. The van der Waals surface area contributed by atoms with Gasteiger partial charge in [0.15, 0.2) is 0 Å². The third-order valence-electron chi connectivity index (χ3n) is 4.25. The number of nitrogens with zero attached hydrogens (tertiary/aromatic N) is 1. The minimum atomic E-state index is -1.25. The van der Waals surface area contributed by atoms with E-state index in [0.29, 0.717) is 6.54 Å². The van der Waals surface area contributed by atoms with Gasteiger partial charge in [0, 0.05) is 13.1 Å². The van der Waals surface area contributed by atoms with Gasteiger partial charge < -0.3 is 20.1 Å². The molecule has 1 aromatic rings. The third-order valence-corrected chi connectivity index (χ3v) is 4.25. The number of carbonyl (C=O) groups is 1. The van der Waals surface area contributed by atoms with E-state index in [0.717, 1.165) is 5.56 Å². The average Bonchev–Trinajstić information content (AvgIpc) is 2.52. The second-order valence-corrected chi connectivity index (χ2v) is 7.38. The van der Waals surface area contributed by atoms with Crippen molar-refractivity contribution < 1.29 is 24.9 Å². The zero-order chi connectivity index (χ0) is 17.9. The predicted molar refractivity (Wildman–Crippen MR) is 89.1 cm³/mol. The maximum absolute atomic E-state index is 12.0. The summed E-state index contributed by atoms with van der Waals surface area (Å²) in [5.74, 6) is -0.366. The van der Waals surface area contributed by atoms with Crippen LogP contribution >= 0.6 is 0 Å². The molecular weight excluding hydrogens is 310 g/mol. The summed E-state index contributed by atoms with van der Waals surface area (Å²) in [6.45, 7) is 5.92. The van der Waals surface area contributed by atoms with E-state index in [-0.39, 0.29) is 19.1 Å². The van der Waals surface area contributed by atoms with Gasteiger partial charge in [0.25, 0.3) is 0 Å². The molecule has 24 heavy (non-hydrogen) atoms. The zero-order valence-electron chi connectivity index (χ0n) is 14.4. The highest BCUT2D eigenvalue weighted by Crippen LogP contribution is 2.23. The number of β-amino-alcohol motifs (C(OH)–C–C–N with tert-alkyl or cyclic N) is 1. The van der Waals surface area contributed by atoms with E-state index in [1.54, 1.807) is 20.8 Å². The molecule has 1 aromatic carbocycles. The number of esters is 1. The first-order valence-electron chi connectivity index (χ1n) is 8.19. The molecule has 1 saturated heterocycles. The molecule has 2 rings (SSSR count). The van der Waals surface area contributed by atoms with Crippen molar-refractivity contribution in [2.45, 2.75) is 51.7 Å². The summed E-state index contributed by atoms with van der Waals surface area (Å²) in [5.41, 5.74) is 0.377. The fraction of sp³-hybridized carbons (Fsp3) is 0.611. The first-order valence-corrected chi connectivity index (χ1v) is 8.19. The highest BCUT2D eigenvalue weighted by Gasteiger charge is 2.42. The number of rotatable bonds is 4. The monoisotopic (exact) mass is 337 g/mol. The number of hydrogen-bond donors (Lipinski definition) is 3. The van der Waals surface area contributed by atoms with E-state index in [2.05, 4.69) is 0 Å². The maximum Gasteiger partial charge on any atom is 0.311 e. The second kappa shape index (κ2) is 7.61. The van der Waals surface area contributed by atoms with Crippen molar-refractivity contribution in [2.24, 2.45) is 5.41 Å². The van der Waals surface area contributed by atoms with Crippen molar-refractivity contribution >= 4 is 5.97 Å². The van der Waals surface area contributed by atoms with E-state index < -0.39 is 29.8 Å². The van der Waals surface area contributed by atoms with Crippen LogP contribution in [0.1, 0.15) is 26.3 Å². The first-order chi connectivity index (χ1) is 11.2. The minimum Gasteiger partial charge on any atom is -0.464 e. The molecule has 0 bridgehead atoms. The van der Waals surface area contributed by atoms with Crippen molar-refractivity contribution in [3.05, 3.63) is 35.9 Å². The quantitative estimate of drug-likeness (QED) is 0.695. The number of ether oxygens (including phenoxy) is 1. The lowest BCUT2D eigenvalue weighted by molar-refractivity contribution is -0.169. The summed E-state index contributed by atoms with van der Waals surface area (Å²) in [5, 5.41) is 30.2. The van der Waals surface area contributed by atoms with Crippen LogP contribution in [0.4, 0.5) is 0 Å². The number of piperidine rings is 1. The summed E-state index contributed by atoms with van der Waals surface area (Å²) in [6.07, 6.45) is -3.49. The summed E-state index contributed by atoms with van der Waals surface area (Å²) < 4.78 is 5.33. The van der Waals surface area contributed by atoms with Gasteiger partial charge in [-0.3, -0.25) is 9.69 Å². The molecular formula is C18H27NO5. The van der Waals surface area contributed by atoms with Crippen molar-refractivity contribution in [1.29, 1.82) is 0 Å². The fourth-order valence-corrected chi connectivity index (χ4v) is 2.74. The van der Waals surface area contributed by atoms with Gasteiger partial charge in [0.2, 0.25) is 0 Å². The van der Waals surface area contributed by atoms with Gasteiger partial charge in [0.05, 0.1) is 17.6 Å². The highest BCUT2D eigenvalue weighted by atomic mass is 16.5. The molecule has 3 N–H and O–H groups in total. The Balaban J connectivity index is 2.10. The molecule has 6 heteroatoms.